The number of rotatable bonds is 6. The molecule has 0 aliphatic carbocycles. The summed E-state index contributed by atoms with van der Waals surface area (Å²) in [4.78, 5) is 28.4. The number of nitrogens with zero attached hydrogens (tertiary/aromatic N) is 1. The average Bonchev–Trinajstić information content (AvgIpc) is 3.34. The largest absolute Gasteiger partial charge is 0.586 e. The number of benzene rings is 1. The summed E-state index contributed by atoms with van der Waals surface area (Å²) in [5, 5.41) is 11.8. The highest BCUT2D eigenvalue weighted by atomic mass is 32.1. The normalized spacial score (nSPS) is 13.5. The number of alkyl halides is 2. The second kappa shape index (κ2) is 8.19. The Labute approximate surface area is 179 Å². The van der Waals surface area contributed by atoms with Crippen molar-refractivity contribution in [2.45, 2.75) is 12.8 Å². The number of aromatic nitrogens is 1. The summed E-state index contributed by atoms with van der Waals surface area (Å²) in [6.45, 7) is 0.364. The van der Waals surface area contributed by atoms with Crippen LogP contribution in [0.4, 0.5) is 20.2 Å². The molecule has 4 rings (SSSR count). The summed E-state index contributed by atoms with van der Waals surface area (Å²) in [5.74, 6) is -0.973. The molecule has 3 heterocycles. The lowest BCUT2D eigenvalue weighted by Crippen LogP contribution is -2.25. The van der Waals surface area contributed by atoms with Gasteiger partial charge in [-0.15, -0.1) is 20.1 Å². The standard InChI is InChI=1S/C20H16F2N4O4S/c1-23-19(28)14-6-11(4-5-24-14)8-25-15-10-31-9-13(15)18(27)26-12-2-3-16-17(7-12)30-20(21,22)29-16/h2-7,9-10,25H,8H2,1H3,(H,23,28)(H,26,27). The maximum atomic E-state index is 13.2. The average molecular weight is 446 g/mol. The Hall–Kier alpha value is -3.73. The third kappa shape index (κ3) is 4.56. The highest BCUT2D eigenvalue weighted by Gasteiger charge is 2.43. The van der Waals surface area contributed by atoms with Crippen LogP contribution in [0.1, 0.15) is 26.4 Å². The van der Waals surface area contributed by atoms with Crippen molar-refractivity contribution < 1.29 is 27.8 Å². The number of fused-ring (bicyclic) bond motifs is 1. The molecule has 31 heavy (non-hydrogen) atoms. The molecule has 8 nitrogen and oxygen atoms in total. The minimum absolute atomic E-state index is 0.102. The summed E-state index contributed by atoms with van der Waals surface area (Å²) in [6.07, 6.45) is -2.19. The first-order chi connectivity index (χ1) is 14.8. The van der Waals surface area contributed by atoms with E-state index < -0.39 is 12.2 Å². The first-order valence-electron chi connectivity index (χ1n) is 9.03. The molecule has 2 aromatic heterocycles. The van der Waals surface area contributed by atoms with Crippen molar-refractivity contribution in [3.05, 3.63) is 64.1 Å². The first kappa shape index (κ1) is 20.5. The Morgan fingerprint density at radius 2 is 1.90 bits per heavy atom. The van der Waals surface area contributed by atoms with Crippen molar-refractivity contribution in [2.75, 3.05) is 17.7 Å². The monoisotopic (exact) mass is 446 g/mol. The number of ether oxygens (including phenoxy) is 2. The molecule has 0 atom stereocenters. The van der Waals surface area contributed by atoms with E-state index in [0.717, 1.165) is 5.56 Å². The molecule has 0 unspecified atom stereocenters. The molecule has 1 aromatic carbocycles. The van der Waals surface area contributed by atoms with Gasteiger partial charge in [-0.1, -0.05) is 0 Å². The summed E-state index contributed by atoms with van der Waals surface area (Å²) >= 11 is 1.33. The molecule has 3 aromatic rings. The fraction of sp³-hybridized carbons (Fsp3) is 0.150. The number of thiophene rings is 1. The Bertz CT molecular complexity index is 1150. The Balaban J connectivity index is 1.43. The lowest BCUT2D eigenvalue weighted by molar-refractivity contribution is -0.286. The van der Waals surface area contributed by atoms with E-state index in [1.165, 1.54) is 42.8 Å². The van der Waals surface area contributed by atoms with Crippen molar-refractivity contribution in [2.24, 2.45) is 0 Å². The molecule has 1 aliphatic rings. The number of halogens is 2. The minimum atomic E-state index is -3.72. The van der Waals surface area contributed by atoms with Crippen LogP contribution in [0.2, 0.25) is 0 Å². The van der Waals surface area contributed by atoms with Gasteiger partial charge in [0.2, 0.25) is 0 Å². The highest BCUT2D eigenvalue weighted by Crippen LogP contribution is 2.42. The molecule has 0 saturated carbocycles. The zero-order chi connectivity index (χ0) is 22.0. The van der Waals surface area contributed by atoms with E-state index in [-0.39, 0.29) is 23.1 Å². The van der Waals surface area contributed by atoms with Gasteiger partial charge in [0.15, 0.2) is 11.5 Å². The predicted molar refractivity (Wildman–Crippen MR) is 110 cm³/mol. The summed E-state index contributed by atoms with van der Waals surface area (Å²) in [7, 11) is 1.52. The Morgan fingerprint density at radius 3 is 2.71 bits per heavy atom. The lowest BCUT2D eigenvalue weighted by atomic mass is 10.2. The van der Waals surface area contributed by atoms with Crippen LogP contribution in [0.15, 0.2) is 47.3 Å². The molecular formula is C20H16F2N4O4S. The van der Waals surface area contributed by atoms with Crippen LogP contribution < -0.4 is 25.4 Å². The third-order valence-corrected chi connectivity index (χ3v) is 5.08. The smallest absolute Gasteiger partial charge is 0.395 e. The molecule has 1 aliphatic heterocycles. The van der Waals surface area contributed by atoms with E-state index in [9.17, 15) is 18.4 Å². The summed E-state index contributed by atoms with van der Waals surface area (Å²) < 4.78 is 35.1. The van der Waals surface area contributed by atoms with Crippen LogP contribution in [0, 0.1) is 0 Å². The van der Waals surface area contributed by atoms with Crippen LogP contribution in [0.25, 0.3) is 0 Å². The number of carbonyl (C=O) groups excluding carboxylic acids is 2. The second-order valence-electron chi connectivity index (χ2n) is 6.46. The van der Waals surface area contributed by atoms with E-state index in [1.807, 2.05) is 0 Å². The summed E-state index contributed by atoms with van der Waals surface area (Å²) in [5.41, 5.74) is 2.36. The number of nitrogens with one attached hydrogen (secondary N) is 3. The molecule has 0 saturated heterocycles. The molecule has 11 heteroatoms. The van der Waals surface area contributed by atoms with Gasteiger partial charge in [-0.05, 0) is 29.8 Å². The third-order valence-electron chi connectivity index (χ3n) is 4.33. The quantitative estimate of drug-likeness (QED) is 0.534. The highest BCUT2D eigenvalue weighted by molar-refractivity contribution is 7.08. The fourth-order valence-electron chi connectivity index (χ4n) is 2.87. The molecule has 160 valence electrons. The second-order valence-corrected chi connectivity index (χ2v) is 7.21. The van der Waals surface area contributed by atoms with Crippen LogP contribution in [0.5, 0.6) is 11.5 Å². The molecule has 2 amide bonds. The van der Waals surface area contributed by atoms with Crippen molar-refractivity contribution in [3.63, 3.8) is 0 Å². The van der Waals surface area contributed by atoms with Crippen LogP contribution in [0.3, 0.4) is 0 Å². The molecule has 0 fully saturated rings. The van der Waals surface area contributed by atoms with Crippen LogP contribution in [-0.2, 0) is 6.54 Å². The van der Waals surface area contributed by atoms with Gasteiger partial charge in [-0.3, -0.25) is 14.6 Å². The topological polar surface area (TPSA) is 102 Å². The van der Waals surface area contributed by atoms with E-state index in [4.69, 9.17) is 0 Å². The lowest BCUT2D eigenvalue weighted by Gasteiger charge is -2.10. The first-order valence-corrected chi connectivity index (χ1v) is 9.97. The van der Waals surface area contributed by atoms with Crippen LogP contribution >= 0.6 is 11.3 Å². The molecular weight excluding hydrogens is 430 g/mol. The van der Waals surface area contributed by atoms with Crippen molar-refractivity contribution in [1.82, 2.24) is 10.3 Å². The number of amides is 2. The molecule has 3 N–H and O–H groups in total. The van der Waals surface area contributed by atoms with Gasteiger partial charge in [0.05, 0.1) is 11.3 Å². The van der Waals surface area contributed by atoms with Crippen molar-refractivity contribution >= 4 is 34.5 Å². The molecule has 0 radical (unpaired) electrons. The van der Waals surface area contributed by atoms with E-state index in [2.05, 4.69) is 30.4 Å². The van der Waals surface area contributed by atoms with Crippen LogP contribution in [-0.4, -0.2) is 30.1 Å². The maximum Gasteiger partial charge on any atom is 0.586 e. The van der Waals surface area contributed by atoms with Gasteiger partial charge in [0.1, 0.15) is 5.69 Å². The van der Waals surface area contributed by atoms with Gasteiger partial charge >= 0.3 is 6.29 Å². The number of hydrogen-bond acceptors (Lipinski definition) is 7. The predicted octanol–water partition coefficient (Wildman–Crippen LogP) is 3.69. The van der Waals surface area contributed by atoms with Crippen molar-refractivity contribution in [1.29, 1.82) is 0 Å². The zero-order valence-electron chi connectivity index (χ0n) is 16.1. The molecule has 0 bridgehead atoms. The van der Waals surface area contributed by atoms with E-state index >= 15 is 0 Å². The Kier molecular flexibility index (Phi) is 5.42. The zero-order valence-corrected chi connectivity index (χ0v) is 16.9. The van der Waals surface area contributed by atoms with Gasteiger partial charge in [0.25, 0.3) is 11.8 Å². The van der Waals surface area contributed by atoms with Gasteiger partial charge in [-0.25, -0.2) is 0 Å². The number of anilines is 2. The maximum absolute atomic E-state index is 13.2. The van der Waals surface area contributed by atoms with E-state index in [1.54, 1.807) is 22.9 Å². The number of pyridine rings is 1. The Morgan fingerprint density at radius 1 is 1.10 bits per heavy atom. The van der Waals surface area contributed by atoms with Crippen molar-refractivity contribution in [3.8, 4) is 11.5 Å². The van der Waals surface area contributed by atoms with Gasteiger partial charge in [-0.2, -0.15) is 0 Å². The number of carbonyl (C=O) groups is 2. The minimum Gasteiger partial charge on any atom is -0.395 e. The van der Waals surface area contributed by atoms with E-state index in [0.29, 0.717) is 23.5 Å². The fourth-order valence-corrected chi connectivity index (χ4v) is 3.65. The summed E-state index contributed by atoms with van der Waals surface area (Å²) in [6, 6.07) is 7.42. The van der Waals surface area contributed by atoms with Gasteiger partial charge < -0.3 is 25.4 Å². The molecule has 0 spiro atoms. The SMILES string of the molecule is CNC(=O)c1cc(CNc2cscc2C(=O)Nc2ccc3c(c2)OC(F)(F)O3)ccn1. The number of hydrogen-bond donors (Lipinski definition) is 3. The van der Waals surface area contributed by atoms with Gasteiger partial charge in [0, 0.05) is 42.3 Å².